The molecule has 0 heterocycles. The van der Waals surface area contributed by atoms with E-state index in [2.05, 4.69) is 19.2 Å². The molecule has 5 heteroatoms. The number of amides is 1. The van der Waals surface area contributed by atoms with Crippen molar-refractivity contribution in [2.24, 2.45) is 5.92 Å². The summed E-state index contributed by atoms with van der Waals surface area (Å²) in [7, 11) is 1.57. The van der Waals surface area contributed by atoms with Crippen LogP contribution in [-0.2, 0) is 0 Å². The lowest BCUT2D eigenvalue weighted by Gasteiger charge is -2.13. The number of para-hydroxylation sites is 1. The average molecular weight is 357 g/mol. The van der Waals surface area contributed by atoms with Crippen LogP contribution >= 0.6 is 0 Å². The molecule has 26 heavy (non-hydrogen) atoms. The van der Waals surface area contributed by atoms with E-state index < -0.39 is 0 Å². The maximum atomic E-state index is 12.3. The number of hydrogen-bond acceptors (Lipinski definition) is 4. The highest BCUT2D eigenvalue weighted by Gasteiger charge is 2.11. The predicted molar refractivity (Wildman–Crippen MR) is 102 cm³/mol. The van der Waals surface area contributed by atoms with Crippen molar-refractivity contribution in [2.45, 2.75) is 20.3 Å². The van der Waals surface area contributed by atoms with Gasteiger partial charge in [-0.15, -0.1) is 0 Å². The summed E-state index contributed by atoms with van der Waals surface area (Å²) in [4.78, 5) is 12.3. The Morgan fingerprint density at radius 3 is 2.46 bits per heavy atom. The Hall–Kier alpha value is -2.69. The van der Waals surface area contributed by atoms with Gasteiger partial charge < -0.3 is 19.5 Å². The Morgan fingerprint density at radius 1 is 1.00 bits per heavy atom. The summed E-state index contributed by atoms with van der Waals surface area (Å²) in [5.74, 6) is 2.39. The normalized spacial score (nSPS) is 10.5. The zero-order valence-electron chi connectivity index (χ0n) is 15.7. The first-order valence-corrected chi connectivity index (χ1v) is 8.87. The van der Waals surface area contributed by atoms with Crippen LogP contribution < -0.4 is 19.5 Å². The zero-order valence-corrected chi connectivity index (χ0v) is 15.7. The largest absolute Gasteiger partial charge is 0.493 e. The highest BCUT2D eigenvalue weighted by Crippen LogP contribution is 2.28. The van der Waals surface area contributed by atoms with Gasteiger partial charge in [-0.05, 0) is 42.7 Å². The van der Waals surface area contributed by atoms with Crippen LogP contribution in [0.15, 0.2) is 48.5 Å². The van der Waals surface area contributed by atoms with Gasteiger partial charge in [-0.1, -0.05) is 32.0 Å². The first kappa shape index (κ1) is 19.6. The van der Waals surface area contributed by atoms with Crippen LogP contribution in [0.3, 0.4) is 0 Å². The number of rotatable bonds is 10. The summed E-state index contributed by atoms with van der Waals surface area (Å²) in [6, 6.07) is 14.7. The number of carbonyl (C=O) groups is 1. The standard InChI is InChI=1S/C21H27NO4/c1-16(2)11-13-26-19-10-9-17(15-20(19)24-3)21(23)22-12-14-25-18-7-5-4-6-8-18/h4-10,15-16H,11-14H2,1-3H3,(H,22,23). The molecule has 2 rings (SSSR count). The Bertz CT molecular complexity index is 686. The highest BCUT2D eigenvalue weighted by molar-refractivity contribution is 5.94. The summed E-state index contributed by atoms with van der Waals surface area (Å²) in [5, 5.41) is 2.84. The third kappa shape index (κ3) is 6.31. The van der Waals surface area contributed by atoms with Gasteiger partial charge in [-0.25, -0.2) is 0 Å². The molecule has 0 saturated carbocycles. The fourth-order valence-electron chi connectivity index (χ4n) is 2.28. The Kier molecular flexibility index (Phi) is 7.80. The van der Waals surface area contributed by atoms with E-state index in [1.165, 1.54) is 0 Å². The fraction of sp³-hybridized carbons (Fsp3) is 0.381. The molecule has 1 N–H and O–H groups in total. The van der Waals surface area contributed by atoms with E-state index in [1.807, 2.05) is 30.3 Å². The van der Waals surface area contributed by atoms with Crippen LogP contribution in [-0.4, -0.2) is 32.8 Å². The highest BCUT2D eigenvalue weighted by atomic mass is 16.5. The van der Waals surface area contributed by atoms with Crippen molar-refractivity contribution in [3.8, 4) is 17.2 Å². The third-order valence-electron chi connectivity index (χ3n) is 3.78. The van der Waals surface area contributed by atoms with Gasteiger partial charge in [0.2, 0.25) is 0 Å². The van der Waals surface area contributed by atoms with Gasteiger partial charge in [-0.3, -0.25) is 4.79 Å². The lowest BCUT2D eigenvalue weighted by molar-refractivity contribution is 0.0946. The lowest BCUT2D eigenvalue weighted by Crippen LogP contribution is -2.28. The van der Waals surface area contributed by atoms with Crippen molar-refractivity contribution in [3.05, 3.63) is 54.1 Å². The minimum Gasteiger partial charge on any atom is -0.493 e. The number of nitrogens with one attached hydrogen (secondary N) is 1. The maximum Gasteiger partial charge on any atom is 0.251 e. The SMILES string of the molecule is COc1cc(C(=O)NCCOc2ccccc2)ccc1OCCC(C)C. The minimum atomic E-state index is -0.173. The summed E-state index contributed by atoms with van der Waals surface area (Å²) < 4.78 is 16.7. The summed E-state index contributed by atoms with van der Waals surface area (Å²) >= 11 is 0. The molecule has 0 aromatic heterocycles. The molecule has 0 aliphatic rings. The molecule has 0 spiro atoms. The van der Waals surface area contributed by atoms with Gasteiger partial charge in [0.15, 0.2) is 11.5 Å². The molecular formula is C21H27NO4. The monoisotopic (exact) mass is 357 g/mol. The van der Waals surface area contributed by atoms with Crippen molar-refractivity contribution >= 4 is 5.91 Å². The molecule has 2 aromatic rings. The van der Waals surface area contributed by atoms with E-state index in [-0.39, 0.29) is 5.91 Å². The zero-order chi connectivity index (χ0) is 18.8. The number of methoxy groups -OCH3 is 1. The van der Waals surface area contributed by atoms with Crippen LogP contribution in [0.1, 0.15) is 30.6 Å². The summed E-state index contributed by atoms with van der Waals surface area (Å²) in [5.41, 5.74) is 0.526. The molecule has 0 fully saturated rings. The second-order valence-electron chi connectivity index (χ2n) is 6.31. The van der Waals surface area contributed by atoms with Crippen molar-refractivity contribution in [3.63, 3.8) is 0 Å². The Labute approximate surface area is 155 Å². The Morgan fingerprint density at radius 2 is 1.77 bits per heavy atom. The summed E-state index contributed by atoms with van der Waals surface area (Å²) in [6.07, 6.45) is 0.965. The molecule has 1 amide bonds. The van der Waals surface area contributed by atoms with E-state index >= 15 is 0 Å². The molecule has 0 aliphatic carbocycles. The molecule has 0 bridgehead atoms. The minimum absolute atomic E-state index is 0.173. The Balaban J connectivity index is 1.84. The molecule has 0 saturated heterocycles. The van der Waals surface area contributed by atoms with Crippen LogP contribution in [0.25, 0.3) is 0 Å². The molecule has 5 nitrogen and oxygen atoms in total. The van der Waals surface area contributed by atoms with E-state index in [0.29, 0.717) is 42.7 Å². The van der Waals surface area contributed by atoms with Crippen LogP contribution in [0, 0.1) is 5.92 Å². The first-order valence-electron chi connectivity index (χ1n) is 8.87. The molecule has 140 valence electrons. The van der Waals surface area contributed by atoms with Crippen LogP contribution in [0.5, 0.6) is 17.2 Å². The smallest absolute Gasteiger partial charge is 0.251 e. The second kappa shape index (κ2) is 10.3. The van der Waals surface area contributed by atoms with Crippen molar-refractivity contribution in [1.29, 1.82) is 0 Å². The van der Waals surface area contributed by atoms with Gasteiger partial charge in [0, 0.05) is 5.56 Å². The van der Waals surface area contributed by atoms with E-state index in [9.17, 15) is 4.79 Å². The maximum absolute atomic E-state index is 12.3. The van der Waals surface area contributed by atoms with Crippen molar-refractivity contribution < 1.29 is 19.0 Å². The van der Waals surface area contributed by atoms with Gasteiger partial charge in [0.1, 0.15) is 12.4 Å². The van der Waals surface area contributed by atoms with Gasteiger partial charge in [0.05, 0.1) is 20.3 Å². The average Bonchev–Trinajstić information content (AvgIpc) is 2.65. The lowest BCUT2D eigenvalue weighted by atomic mass is 10.1. The van der Waals surface area contributed by atoms with Gasteiger partial charge in [0.25, 0.3) is 5.91 Å². The first-order chi connectivity index (χ1) is 12.6. The summed E-state index contributed by atoms with van der Waals surface area (Å²) in [6.45, 7) is 5.74. The van der Waals surface area contributed by atoms with Gasteiger partial charge >= 0.3 is 0 Å². The molecular weight excluding hydrogens is 330 g/mol. The predicted octanol–water partition coefficient (Wildman–Crippen LogP) is 3.93. The number of hydrogen-bond donors (Lipinski definition) is 1. The number of benzene rings is 2. The molecule has 2 aromatic carbocycles. The third-order valence-corrected chi connectivity index (χ3v) is 3.78. The van der Waals surface area contributed by atoms with Gasteiger partial charge in [-0.2, -0.15) is 0 Å². The van der Waals surface area contributed by atoms with Crippen LogP contribution in [0.2, 0.25) is 0 Å². The number of ether oxygens (including phenoxy) is 3. The topological polar surface area (TPSA) is 56.8 Å². The second-order valence-corrected chi connectivity index (χ2v) is 6.31. The fourth-order valence-corrected chi connectivity index (χ4v) is 2.28. The van der Waals surface area contributed by atoms with Crippen molar-refractivity contribution in [2.75, 3.05) is 26.9 Å². The molecule has 0 unspecified atom stereocenters. The molecule has 0 radical (unpaired) electrons. The number of carbonyl (C=O) groups excluding carboxylic acids is 1. The van der Waals surface area contributed by atoms with E-state index in [1.54, 1.807) is 25.3 Å². The molecule has 0 aliphatic heterocycles. The molecule has 0 atom stereocenters. The van der Waals surface area contributed by atoms with E-state index in [4.69, 9.17) is 14.2 Å². The van der Waals surface area contributed by atoms with Crippen LogP contribution in [0.4, 0.5) is 0 Å². The van der Waals surface area contributed by atoms with Crippen molar-refractivity contribution in [1.82, 2.24) is 5.32 Å². The quantitative estimate of drug-likeness (QED) is 0.655. The van der Waals surface area contributed by atoms with E-state index in [0.717, 1.165) is 12.2 Å².